The first-order valence-corrected chi connectivity index (χ1v) is 15.5. The van der Waals surface area contributed by atoms with Crippen LogP contribution in [0.4, 0.5) is 21.9 Å². The summed E-state index contributed by atoms with van der Waals surface area (Å²) in [5.41, 5.74) is 4.90. The Labute approximate surface area is 264 Å². The Morgan fingerprint density at radius 3 is 2.30 bits per heavy atom. The highest BCUT2D eigenvalue weighted by Gasteiger charge is 2.21. The van der Waals surface area contributed by atoms with Crippen LogP contribution in [0, 0.1) is 19.8 Å². The molecule has 0 atom stereocenters. The SMILES string of the molecule is COC(=O)Cc1cccc(NC(=O)NCC(=O)N(CCC(C)C)c2ccccc2SCC(=O)N(C)c2cc(C)cc(C)c2)c1. The highest BCUT2D eigenvalue weighted by molar-refractivity contribution is 8.00. The second-order valence-corrected chi connectivity index (χ2v) is 12.1. The van der Waals surface area contributed by atoms with E-state index in [1.165, 1.54) is 18.9 Å². The molecular weight excluding hydrogens is 576 g/mol. The van der Waals surface area contributed by atoms with Crippen LogP contribution in [0.5, 0.6) is 0 Å². The van der Waals surface area contributed by atoms with E-state index >= 15 is 0 Å². The minimum absolute atomic E-state index is 0.0520. The molecule has 4 amide bonds. The Morgan fingerprint density at radius 1 is 0.909 bits per heavy atom. The molecule has 0 heterocycles. The Hall–Kier alpha value is -4.31. The van der Waals surface area contributed by atoms with E-state index < -0.39 is 6.03 Å². The van der Waals surface area contributed by atoms with Crippen molar-refractivity contribution in [1.29, 1.82) is 0 Å². The summed E-state index contributed by atoms with van der Waals surface area (Å²) >= 11 is 1.38. The molecule has 0 spiro atoms. The van der Waals surface area contributed by atoms with E-state index in [0.717, 1.165) is 28.1 Å². The van der Waals surface area contributed by atoms with Gasteiger partial charge in [-0.2, -0.15) is 0 Å². The molecule has 10 heteroatoms. The molecule has 0 fully saturated rings. The van der Waals surface area contributed by atoms with Crippen molar-refractivity contribution in [3.63, 3.8) is 0 Å². The minimum Gasteiger partial charge on any atom is -0.469 e. The maximum atomic E-state index is 13.5. The molecule has 0 unspecified atom stereocenters. The van der Waals surface area contributed by atoms with Crippen LogP contribution in [-0.2, 0) is 25.5 Å². The molecule has 0 saturated heterocycles. The van der Waals surface area contributed by atoms with Gasteiger partial charge in [-0.1, -0.05) is 44.2 Å². The number of nitrogens with one attached hydrogen (secondary N) is 2. The van der Waals surface area contributed by atoms with Gasteiger partial charge in [0.25, 0.3) is 0 Å². The average Bonchev–Trinajstić information content (AvgIpc) is 2.98. The molecule has 234 valence electrons. The van der Waals surface area contributed by atoms with Crippen LogP contribution in [0.15, 0.2) is 71.6 Å². The van der Waals surface area contributed by atoms with Crippen molar-refractivity contribution in [1.82, 2.24) is 5.32 Å². The normalized spacial score (nSPS) is 10.7. The number of benzene rings is 3. The van der Waals surface area contributed by atoms with Crippen molar-refractivity contribution in [2.24, 2.45) is 5.92 Å². The number of carbonyl (C=O) groups is 4. The monoisotopic (exact) mass is 618 g/mol. The van der Waals surface area contributed by atoms with Gasteiger partial charge in [0.1, 0.15) is 0 Å². The molecule has 3 aromatic carbocycles. The first kappa shape index (κ1) is 34.2. The third-order valence-corrected chi connectivity index (χ3v) is 7.91. The molecule has 0 aromatic heterocycles. The van der Waals surface area contributed by atoms with Gasteiger partial charge in [-0.25, -0.2) is 4.79 Å². The number of urea groups is 1. The zero-order valence-corrected chi connectivity index (χ0v) is 27.1. The van der Waals surface area contributed by atoms with E-state index in [1.807, 2.05) is 50.2 Å². The number of methoxy groups -OCH3 is 1. The second kappa shape index (κ2) is 16.5. The van der Waals surface area contributed by atoms with Crippen molar-refractivity contribution in [2.45, 2.75) is 45.4 Å². The lowest BCUT2D eigenvalue weighted by molar-refractivity contribution is -0.139. The molecule has 2 N–H and O–H groups in total. The van der Waals surface area contributed by atoms with Crippen LogP contribution in [0.2, 0.25) is 0 Å². The topological polar surface area (TPSA) is 108 Å². The number of rotatable bonds is 13. The summed E-state index contributed by atoms with van der Waals surface area (Å²) < 4.78 is 4.70. The summed E-state index contributed by atoms with van der Waals surface area (Å²) in [7, 11) is 3.09. The first-order chi connectivity index (χ1) is 21.0. The van der Waals surface area contributed by atoms with Gasteiger partial charge in [0.2, 0.25) is 11.8 Å². The van der Waals surface area contributed by atoms with E-state index in [1.54, 1.807) is 41.1 Å². The van der Waals surface area contributed by atoms with E-state index in [9.17, 15) is 19.2 Å². The van der Waals surface area contributed by atoms with E-state index in [-0.39, 0.29) is 36.5 Å². The minimum atomic E-state index is -0.542. The van der Waals surface area contributed by atoms with E-state index in [0.29, 0.717) is 29.4 Å². The second-order valence-electron chi connectivity index (χ2n) is 11.0. The number of amides is 4. The van der Waals surface area contributed by atoms with Crippen LogP contribution in [0.25, 0.3) is 0 Å². The van der Waals surface area contributed by atoms with Gasteiger partial charge >= 0.3 is 12.0 Å². The molecule has 0 saturated carbocycles. The van der Waals surface area contributed by atoms with Gasteiger partial charge in [-0.15, -0.1) is 11.8 Å². The van der Waals surface area contributed by atoms with Gasteiger partial charge in [0.15, 0.2) is 0 Å². The molecule has 44 heavy (non-hydrogen) atoms. The fourth-order valence-corrected chi connectivity index (χ4v) is 5.49. The molecule has 0 aliphatic carbocycles. The summed E-state index contributed by atoms with van der Waals surface area (Å²) in [5, 5.41) is 5.37. The zero-order valence-electron chi connectivity index (χ0n) is 26.3. The lowest BCUT2D eigenvalue weighted by Gasteiger charge is -2.26. The molecule has 0 aliphatic rings. The maximum absolute atomic E-state index is 13.5. The predicted octanol–water partition coefficient (Wildman–Crippen LogP) is 5.97. The number of para-hydroxylation sites is 1. The van der Waals surface area contributed by atoms with Crippen LogP contribution >= 0.6 is 11.8 Å². The van der Waals surface area contributed by atoms with Crippen molar-refractivity contribution >= 4 is 52.6 Å². The Kier molecular flexibility index (Phi) is 12.8. The van der Waals surface area contributed by atoms with Crippen molar-refractivity contribution in [3.8, 4) is 0 Å². The highest BCUT2D eigenvalue weighted by Crippen LogP contribution is 2.31. The number of thioether (sulfide) groups is 1. The summed E-state index contributed by atoms with van der Waals surface area (Å²) in [6, 6.07) is 19.9. The van der Waals surface area contributed by atoms with Gasteiger partial charge in [-0.05, 0) is 79.3 Å². The molecule has 9 nitrogen and oxygen atoms in total. The standard InChI is InChI=1S/C34H42N4O5S/c1-23(2)14-15-38(31(39)21-35-34(42)36-27-11-9-10-26(19-27)20-33(41)43-6)29-12-7-8-13-30(29)44-22-32(40)37(5)28-17-24(3)16-25(4)18-28/h7-13,16-19,23H,14-15,20-22H2,1-6H3,(H2,35,36,42). The number of ether oxygens (including phenoxy) is 1. The molecule has 3 aromatic rings. The smallest absolute Gasteiger partial charge is 0.319 e. The van der Waals surface area contributed by atoms with Gasteiger partial charge in [0.05, 0.1) is 31.5 Å². The number of nitrogens with zero attached hydrogens (tertiary/aromatic N) is 2. The lowest BCUT2D eigenvalue weighted by Crippen LogP contribution is -2.42. The average molecular weight is 619 g/mol. The number of anilines is 3. The first-order valence-electron chi connectivity index (χ1n) is 14.5. The summed E-state index contributed by atoms with van der Waals surface area (Å²) in [6.45, 7) is 8.43. The lowest BCUT2D eigenvalue weighted by atomic mass is 10.1. The molecule has 0 aliphatic heterocycles. The van der Waals surface area contributed by atoms with Crippen molar-refractivity contribution < 1.29 is 23.9 Å². The van der Waals surface area contributed by atoms with Crippen molar-refractivity contribution in [2.75, 3.05) is 48.1 Å². The van der Waals surface area contributed by atoms with E-state index in [4.69, 9.17) is 4.74 Å². The van der Waals surface area contributed by atoms with Crippen LogP contribution in [0.1, 0.15) is 37.0 Å². The van der Waals surface area contributed by atoms with Gasteiger partial charge in [0, 0.05) is 29.9 Å². The molecule has 0 bridgehead atoms. The van der Waals surface area contributed by atoms with E-state index in [2.05, 4.69) is 30.5 Å². The fraction of sp³-hybridized carbons (Fsp3) is 0.353. The summed E-state index contributed by atoms with van der Waals surface area (Å²) in [4.78, 5) is 55.1. The fourth-order valence-electron chi connectivity index (χ4n) is 4.52. The number of hydrogen-bond acceptors (Lipinski definition) is 6. The Bertz CT molecular complexity index is 1460. The quantitative estimate of drug-likeness (QED) is 0.180. The van der Waals surface area contributed by atoms with Crippen LogP contribution in [-0.4, -0.2) is 56.8 Å². The van der Waals surface area contributed by atoms with Crippen molar-refractivity contribution in [3.05, 3.63) is 83.4 Å². The number of aryl methyl sites for hydroxylation is 2. The maximum Gasteiger partial charge on any atom is 0.319 e. The number of hydrogen-bond donors (Lipinski definition) is 2. The Morgan fingerprint density at radius 2 is 1.61 bits per heavy atom. The zero-order chi connectivity index (χ0) is 32.2. The highest BCUT2D eigenvalue weighted by atomic mass is 32.2. The molecular formula is C34H42N4O5S. The Balaban J connectivity index is 1.68. The van der Waals surface area contributed by atoms with Gasteiger partial charge < -0.3 is 25.2 Å². The molecule has 0 radical (unpaired) electrons. The summed E-state index contributed by atoms with van der Waals surface area (Å²) in [5.74, 6) is -0.153. The molecule has 3 rings (SSSR count). The van der Waals surface area contributed by atoms with Gasteiger partial charge in [-0.3, -0.25) is 14.4 Å². The predicted molar refractivity (Wildman–Crippen MR) is 177 cm³/mol. The largest absolute Gasteiger partial charge is 0.469 e. The third-order valence-electron chi connectivity index (χ3n) is 6.87. The summed E-state index contributed by atoms with van der Waals surface area (Å²) in [6.07, 6.45) is 0.847. The van der Waals surface area contributed by atoms with Crippen LogP contribution < -0.4 is 20.4 Å². The number of esters is 1. The number of carbonyl (C=O) groups excluding carboxylic acids is 4. The van der Waals surface area contributed by atoms with Crippen LogP contribution in [0.3, 0.4) is 0 Å². The third kappa shape index (κ3) is 10.4.